The lowest BCUT2D eigenvalue weighted by molar-refractivity contribution is -0.172. The molecule has 0 unspecified atom stereocenters. The predicted molar refractivity (Wildman–Crippen MR) is 115 cm³/mol. The Morgan fingerprint density at radius 2 is 2.12 bits per heavy atom. The third-order valence-corrected chi connectivity index (χ3v) is 8.44. The van der Waals surface area contributed by atoms with Crippen molar-refractivity contribution in [1.82, 2.24) is 10.2 Å². The van der Waals surface area contributed by atoms with Gasteiger partial charge in [-0.15, -0.1) is 0 Å². The smallest absolute Gasteiger partial charge is 0.251 e. The standard InChI is InChI=1S/C24H30N2O6/c1-12(11-27)25-22(30)15-9-24(31)17-8-14-4-5-16(28)20-18(14)23(24,21(32-20)19(15)29)6-7-26(17)10-13-2-3-13/h4-5,12-13,17,21,27-29,31H,2-3,6-11H2,1H3,(H,25,30)/t12-,17-,21+,23+,24-/m1/s1. The van der Waals surface area contributed by atoms with E-state index in [0.717, 1.165) is 24.2 Å². The lowest BCUT2D eigenvalue weighted by atomic mass is 9.49. The summed E-state index contributed by atoms with van der Waals surface area (Å²) in [6, 6.07) is 2.82. The molecule has 172 valence electrons. The second kappa shape index (κ2) is 6.62. The number of piperidine rings is 1. The number of amides is 1. The molecule has 2 fully saturated rings. The molecular formula is C24H30N2O6. The van der Waals surface area contributed by atoms with E-state index in [1.165, 1.54) is 12.8 Å². The van der Waals surface area contributed by atoms with Crippen LogP contribution in [0.2, 0.25) is 0 Å². The van der Waals surface area contributed by atoms with Crippen LogP contribution in [0.25, 0.3) is 0 Å². The van der Waals surface area contributed by atoms with Crippen LogP contribution in [0.4, 0.5) is 0 Å². The van der Waals surface area contributed by atoms with Gasteiger partial charge in [-0.05, 0) is 56.7 Å². The first kappa shape index (κ1) is 20.3. The fraction of sp³-hybridized carbons (Fsp3) is 0.625. The largest absolute Gasteiger partial charge is 0.508 e. The van der Waals surface area contributed by atoms with Crippen molar-refractivity contribution in [2.24, 2.45) is 5.92 Å². The van der Waals surface area contributed by atoms with E-state index in [2.05, 4.69) is 10.2 Å². The number of nitrogens with one attached hydrogen (secondary N) is 1. The lowest BCUT2D eigenvalue weighted by Crippen LogP contribution is -2.75. The molecule has 1 aromatic rings. The molecule has 5 N–H and O–H groups in total. The summed E-state index contributed by atoms with van der Waals surface area (Å²) >= 11 is 0. The van der Waals surface area contributed by atoms with Crippen LogP contribution in [0.15, 0.2) is 23.5 Å². The maximum absolute atomic E-state index is 13.0. The maximum atomic E-state index is 13.0. The molecule has 8 nitrogen and oxygen atoms in total. The van der Waals surface area contributed by atoms with Crippen molar-refractivity contribution < 1.29 is 30.0 Å². The minimum atomic E-state index is -1.32. The number of phenolic OH excluding ortho intramolecular Hbond substituents is 1. The molecule has 0 aromatic heterocycles. The molecule has 32 heavy (non-hydrogen) atoms. The molecule has 2 bridgehead atoms. The molecule has 5 aliphatic rings. The number of aliphatic hydroxyl groups excluding tert-OH is 2. The van der Waals surface area contributed by atoms with Gasteiger partial charge in [0.25, 0.3) is 5.91 Å². The number of benzene rings is 1. The first-order valence-corrected chi connectivity index (χ1v) is 11.6. The summed E-state index contributed by atoms with van der Waals surface area (Å²) in [5, 5.41) is 46.3. The van der Waals surface area contributed by atoms with Crippen molar-refractivity contribution in [2.75, 3.05) is 19.7 Å². The average molecular weight is 443 g/mol. The van der Waals surface area contributed by atoms with E-state index in [1.54, 1.807) is 13.0 Å². The number of nitrogens with zero attached hydrogens (tertiary/aromatic N) is 1. The van der Waals surface area contributed by atoms with E-state index in [4.69, 9.17) is 4.74 Å². The second-order valence-electron chi connectivity index (χ2n) is 10.3. The number of ether oxygens (including phenoxy) is 1. The van der Waals surface area contributed by atoms with Crippen LogP contribution < -0.4 is 10.1 Å². The van der Waals surface area contributed by atoms with Crippen molar-refractivity contribution in [3.63, 3.8) is 0 Å². The highest BCUT2D eigenvalue weighted by molar-refractivity contribution is 5.95. The minimum absolute atomic E-state index is 0.00302. The number of phenols is 1. The lowest BCUT2D eigenvalue weighted by Gasteiger charge is -2.62. The molecule has 1 saturated heterocycles. The number of rotatable bonds is 5. The zero-order chi connectivity index (χ0) is 22.4. The van der Waals surface area contributed by atoms with Crippen LogP contribution >= 0.6 is 0 Å². The normalized spacial score (nSPS) is 35.8. The number of aliphatic hydroxyl groups is 3. The third-order valence-electron chi connectivity index (χ3n) is 8.44. The molecule has 8 heteroatoms. The van der Waals surface area contributed by atoms with E-state index in [9.17, 15) is 25.2 Å². The van der Waals surface area contributed by atoms with Crippen LogP contribution in [0.1, 0.15) is 43.7 Å². The van der Waals surface area contributed by atoms with Gasteiger partial charge in [-0.2, -0.15) is 0 Å². The van der Waals surface area contributed by atoms with Gasteiger partial charge in [-0.1, -0.05) is 6.07 Å². The summed E-state index contributed by atoms with van der Waals surface area (Å²) in [6.07, 6.45) is 2.67. The van der Waals surface area contributed by atoms with Crippen LogP contribution in [0.5, 0.6) is 11.5 Å². The van der Waals surface area contributed by atoms with Crippen LogP contribution in [-0.2, 0) is 16.6 Å². The summed E-state index contributed by atoms with van der Waals surface area (Å²) in [6.45, 7) is 3.14. The average Bonchev–Trinajstić information content (AvgIpc) is 3.50. The number of likely N-dealkylation sites (tertiary alicyclic amines) is 1. The van der Waals surface area contributed by atoms with E-state index in [-0.39, 0.29) is 36.2 Å². The van der Waals surface area contributed by atoms with Crippen molar-refractivity contribution in [3.8, 4) is 11.5 Å². The number of carbonyl (C=O) groups excluding carboxylic acids is 1. The summed E-state index contributed by atoms with van der Waals surface area (Å²) in [4.78, 5) is 15.4. The SMILES string of the molecule is C[C@H](CO)NC(=O)C1=C(O)[C@@H]2Oc3c(O)ccc4c3[C@@]23CCN(CC2CC2)[C@H](C4)[C@]3(O)C1. The molecule has 1 spiro atoms. The van der Waals surface area contributed by atoms with Crippen molar-refractivity contribution in [3.05, 3.63) is 34.6 Å². The molecule has 3 aliphatic carbocycles. The second-order valence-corrected chi connectivity index (χ2v) is 10.3. The molecule has 1 amide bonds. The van der Waals surface area contributed by atoms with Gasteiger partial charge >= 0.3 is 0 Å². The number of hydrogen-bond donors (Lipinski definition) is 5. The van der Waals surface area contributed by atoms with Gasteiger partial charge < -0.3 is 30.5 Å². The number of carbonyl (C=O) groups is 1. The van der Waals surface area contributed by atoms with Crippen LogP contribution in [-0.4, -0.2) is 74.7 Å². The van der Waals surface area contributed by atoms with Gasteiger partial charge in [-0.3, -0.25) is 9.69 Å². The van der Waals surface area contributed by atoms with Crippen LogP contribution in [0, 0.1) is 5.92 Å². The fourth-order valence-electron chi connectivity index (χ4n) is 6.72. The van der Waals surface area contributed by atoms with E-state index >= 15 is 0 Å². The fourth-order valence-corrected chi connectivity index (χ4v) is 6.72. The Labute approximate surface area is 186 Å². The van der Waals surface area contributed by atoms with Crippen molar-refractivity contribution >= 4 is 5.91 Å². The highest BCUT2D eigenvalue weighted by Gasteiger charge is 2.73. The summed E-state index contributed by atoms with van der Waals surface area (Å²) in [5.74, 6) is 0.267. The molecule has 0 radical (unpaired) electrons. The molecular weight excluding hydrogens is 412 g/mol. The number of hydrogen-bond acceptors (Lipinski definition) is 7. The Morgan fingerprint density at radius 1 is 1.34 bits per heavy atom. The Kier molecular flexibility index (Phi) is 4.20. The third kappa shape index (κ3) is 2.46. The quantitative estimate of drug-likeness (QED) is 0.459. The summed E-state index contributed by atoms with van der Waals surface area (Å²) in [7, 11) is 0. The predicted octanol–water partition coefficient (Wildman–Crippen LogP) is 0.875. The van der Waals surface area contributed by atoms with Gasteiger partial charge in [0.05, 0.1) is 23.2 Å². The zero-order valence-corrected chi connectivity index (χ0v) is 18.2. The van der Waals surface area contributed by atoms with Crippen molar-refractivity contribution in [1.29, 1.82) is 0 Å². The Balaban J connectivity index is 1.51. The van der Waals surface area contributed by atoms with Gasteiger partial charge in [-0.25, -0.2) is 0 Å². The van der Waals surface area contributed by atoms with Gasteiger partial charge in [0.1, 0.15) is 5.76 Å². The molecule has 1 aromatic carbocycles. The van der Waals surface area contributed by atoms with E-state index in [0.29, 0.717) is 24.5 Å². The molecule has 5 atom stereocenters. The first-order chi connectivity index (χ1) is 15.3. The molecule has 2 aliphatic heterocycles. The Hall–Kier alpha value is -2.29. The maximum Gasteiger partial charge on any atom is 0.251 e. The van der Waals surface area contributed by atoms with Gasteiger partial charge in [0.2, 0.25) is 0 Å². The van der Waals surface area contributed by atoms with Crippen molar-refractivity contribution in [2.45, 2.75) is 68.2 Å². The summed E-state index contributed by atoms with van der Waals surface area (Å²) < 4.78 is 6.16. The molecule has 1 saturated carbocycles. The topological polar surface area (TPSA) is 122 Å². The monoisotopic (exact) mass is 442 g/mol. The zero-order valence-electron chi connectivity index (χ0n) is 18.2. The van der Waals surface area contributed by atoms with Crippen LogP contribution in [0.3, 0.4) is 0 Å². The highest BCUT2D eigenvalue weighted by Crippen LogP contribution is 2.66. The minimum Gasteiger partial charge on any atom is -0.508 e. The Bertz CT molecular complexity index is 1040. The number of aromatic hydroxyl groups is 1. The summed E-state index contributed by atoms with van der Waals surface area (Å²) in [5.41, 5.74) is -0.303. The highest BCUT2D eigenvalue weighted by atomic mass is 16.5. The molecule has 2 heterocycles. The van der Waals surface area contributed by atoms with E-state index < -0.39 is 29.1 Å². The first-order valence-electron chi connectivity index (χ1n) is 11.6. The Morgan fingerprint density at radius 3 is 2.84 bits per heavy atom. The van der Waals surface area contributed by atoms with Gasteiger partial charge in [0, 0.05) is 30.6 Å². The molecule has 6 rings (SSSR count). The van der Waals surface area contributed by atoms with Gasteiger partial charge in [0.15, 0.2) is 17.6 Å². The van der Waals surface area contributed by atoms with E-state index in [1.807, 2.05) is 6.07 Å².